The number of benzene rings is 2. The van der Waals surface area contributed by atoms with Gasteiger partial charge >= 0.3 is 5.97 Å². The number of nitrogens with one attached hydrogen (secondary N) is 1. The summed E-state index contributed by atoms with van der Waals surface area (Å²) in [6, 6.07) is 5.61. The van der Waals surface area contributed by atoms with Gasteiger partial charge in [-0.05, 0) is 43.1 Å². The van der Waals surface area contributed by atoms with Crippen LogP contribution in [0.4, 0.5) is 8.78 Å². The number of amides is 1. The first-order valence-corrected chi connectivity index (χ1v) is 14.0. The van der Waals surface area contributed by atoms with Gasteiger partial charge in [0.25, 0.3) is 5.91 Å². The van der Waals surface area contributed by atoms with E-state index in [0.717, 1.165) is 29.9 Å². The number of halogens is 2. The zero-order valence-corrected chi connectivity index (χ0v) is 23.6. The lowest BCUT2D eigenvalue weighted by atomic mass is 9.79. The molecular weight excluding hydrogens is 558 g/mol. The van der Waals surface area contributed by atoms with Crippen LogP contribution in [0.3, 0.4) is 0 Å². The van der Waals surface area contributed by atoms with Crippen LogP contribution in [0.25, 0.3) is 10.2 Å². The highest BCUT2D eigenvalue weighted by Gasteiger charge is 2.45. The third-order valence-electron chi connectivity index (χ3n) is 7.78. The molecule has 2 aromatic carbocycles. The molecule has 1 aliphatic carbocycles. The van der Waals surface area contributed by atoms with Gasteiger partial charge in [0.1, 0.15) is 11.2 Å². The number of methoxy groups -OCH3 is 1. The molecule has 0 radical (unpaired) electrons. The maximum absolute atomic E-state index is 13.8. The minimum absolute atomic E-state index is 0.0879. The number of fused-ring (bicyclic) bond motifs is 2. The zero-order valence-electron chi connectivity index (χ0n) is 22.8. The standard InChI is InChI=1S/C28H32F2N4O6S/c1-33-3-5-34(6-4-33)25(35)15-40-22-9-20-23(10-21(22)39-2)41-24(32-20)14-31-27(38)28(13-26(36)37)11-16-7-18(29)19(30)8-17(16)12-28/h7-10,27,31,38H,3-6,11-15H2,1-2H3,(H,36,37). The molecule has 220 valence electrons. The molecule has 3 aromatic rings. The van der Waals surface area contributed by atoms with Gasteiger partial charge in [-0.1, -0.05) is 0 Å². The largest absolute Gasteiger partial charge is 0.493 e. The SMILES string of the molecule is COc1cc2sc(CNC(O)C3(CC(=O)O)Cc4cc(F)c(F)cc4C3)nc2cc1OCC(=O)N1CCN(C)CC1. The second kappa shape index (κ2) is 11.8. The maximum Gasteiger partial charge on any atom is 0.304 e. The molecule has 1 amide bonds. The number of rotatable bonds is 10. The highest BCUT2D eigenvalue weighted by molar-refractivity contribution is 7.18. The van der Waals surface area contributed by atoms with Crippen molar-refractivity contribution in [1.29, 1.82) is 0 Å². The average Bonchev–Trinajstić information content (AvgIpc) is 3.50. The van der Waals surface area contributed by atoms with E-state index in [2.05, 4.69) is 15.2 Å². The van der Waals surface area contributed by atoms with Crippen LogP contribution in [-0.2, 0) is 29.0 Å². The maximum atomic E-state index is 13.8. The number of aliphatic carboxylic acids is 1. The zero-order chi connectivity index (χ0) is 29.3. The molecule has 1 unspecified atom stereocenters. The summed E-state index contributed by atoms with van der Waals surface area (Å²) in [5, 5.41) is 24.2. The van der Waals surface area contributed by atoms with Crippen LogP contribution >= 0.6 is 11.3 Å². The van der Waals surface area contributed by atoms with Crippen LogP contribution < -0.4 is 14.8 Å². The lowest BCUT2D eigenvalue weighted by Crippen LogP contribution is -2.48. The van der Waals surface area contributed by atoms with Crippen LogP contribution in [0, 0.1) is 17.0 Å². The minimum atomic E-state index is -1.28. The topological polar surface area (TPSA) is 124 Å². The van der Waals surface area contributed by atoms with Crippen molar-refractivity contribution >= 4 is 33.4 Å². The number of aliphatic hydroxyl groups excluding tert-OH is 1. The summed E-state index contributed by atoms with van der Waals surface area (Å²) < 4.78 is 39.7. The van der Waals surface area contributed by atoms with Crippen molar-refractivity contribution < 1.29 is 38.1 Å². The number of piperazine rings is 1. The van der Waals surface area contributed by atoms with Crippen LogP contribution in [0.15, 0.2) is 24.3 Å². The van der Waals surface area contributed by atoms with Gasteiger partial charge in [-0.3, -0.25) is 14.9 Å². The summed E-state index contributed by atoms with van der Waals surface area (Å²) in [4.78, 5) is 32.9. The first-order valence-electron chi connectivity index (χ1n) is 13.2. The van der Waals surface area contributed by atoms with Gasteiger partial charge in [-0.2, -0.15) is 0 Å². The van der Waals surface area contributed by atoms with Crippen molar-refractivity contribution in [2.24, 2.45) is 5.41 Å². The number of ether oxygens (including phenoxy) is 2. The third kappa shape index (κ3) is 6.27. The number of aliphatic hydroxyl groups is 1. The van der Waals surface area contributed by atoms with Crippen molar-refractivity contribution in [1.82, 2.24) is 20.1 Å². The third-order valence-corrected chi connectivity index (χ3v) is 8.80. The van der Waals surface area contributed by atoms with E-state index in [0.29, 0.717) is 46.2 Å². The molecule has 1 saturated heterocycles. The van der Waals surface area contributed by atoms with Gasteiger partial charge in [0.15, 0.2) is 29.7 Å². The van der Waals surface area contributed by atoms with Gasteiger partial charge < -0.3 is 29.5 Å². The van der Waals surface area contributed by atoms with E-state index in [-0.39, 0.29) is 38.3 Å². The Balaban J connectivity index is 1.27. The van der Waals surface area contributed by atoms with E-state index in [9.17, 15) is 28.6 Å². The van der Waals surface area contributed by atoms with Gasteiger partial charge in [-0.25, -0.2) is 13.8 Å². The predicted octanol–water partition coefficient (Wildman–Crippen LogP) is 2.40. The fourth-order valence-corrected chi connectivity index (χ4v) is 6.44. The molecule has 10 nitrogen and oxygen atoms in total. The summed E-state index contributed by atoms with van der Waals surface area (Å²) in [6.07, 6.45) is -1.49. The van der Waals surface area contributed by atoms with Crippen molar-refractivity contribution in [2.45, 2.75) is 32.0 Å². The Labute approximate surface area is 239 Å². The van der Waals surface area contributed by atoms with E-state index in [1.54, 1.807) is 17.0 Å². The molecule has 2 heterocycles. The average molecular weight is 591 g/mol. The molecule has 2 aliphatic rings. The molecule has 0 spiro atoms. The number of likely N-dealkylation sites (N-methyl/N-ethyl adjacent to an activating group) is 1. The molecule has 41 heavy (non-hydrogen) atoms. The fourth-order valence-electron chi connectivity index (χ4n) is 5.51. The lowest BCUT2D eigenvalue weighted by Gasteiger charge is -2.33. The molecular formula is C28H32F2N4O6S. The molecule has 1 aliphatic heterocycles. The second-order valence-corrected chi connectivity index (χ2v) is 11.8. The minimum Gasteiger partial charge on any atom is -0.493 e. The number of hydrogen-bond acceptors (Lipinski definition) is 9. The van der Waals surface area contributed by atoms with Gasteiger partial charge in [0, 0.05) is 50.3 Å². The number of nitrogens with zero attached hydrogens (tertiary/aromatic N) is 3. The Morgan fingerprint density at radius 3 is 2.37 bits per heavy atom. The fraction of sp³-hybridized carbons (Fsp3) is 0.464. The van der Waals surface area contributed by atoms with Crippen LogP contribution in [0.5, 0.6) is 11.5 Å². The Kier molecular flexibility index (Phi) is 8.41. The number of thiazole rings is 1. The lowest BCUT2D eigenvalue weighted by molar-refractivity contribution is -0.142. The number of aromatic nitrogens is 1. The molecule has 5 rings (SSSR count). The molecule has 0 saturated carbocycles. The summed E-state index contributed by atoms with van der Waals surface area (Å²) in [7, 11) is 3.53. The van der Waals surface area contributed by atoms with E-state index in [4.69, 9.17) is 9.47 Å². The van der Waals surface area contributed by atoms with E-state index in [1.807, 2.05) is 7.05 Å². The number of carboxylic acids is 1. The summed E-state index contributed by atoms with van der Waals surface area (Å²) in [5.74, 6) is -2.40. The van der Waals surface area contributed by atoms with Crippen LogP contribution in [0.1, 0.15) is 22.6 Å². The monoisotopic (exact) mass is 590 g/mol. The highest BCUT2D eigenvalue weighted by Crippen LogP contribution is 2.43. The smallest absolute Gasteiger partial charge is 0.304 e. The van der Waals surface area contributed by atoms with Gasteiger partial charge in [0.05, 0.1) is 23.7 Å². The first-order chi connectivity index (χ1) is 19.6. The van der Waals surface area contributed by atoms with Gasteiger partial charge in [0.2, 0.25) is 0 Å². The summed E-state index contributed by atoms with van der Waals surface area (Å²) in [5.41, 5.74) is 0.406. The second-order valence-electron chi connectivity index (χ2n) is 10.7. The first kappa shape index (κ1) is 29.1. The molecule has 13 heteroatoms. The van der Waals surface area contributed by atoms with Gasteiger partial charge in [-0.15, -0.1) is 11.3 Å². The van der Waals surface area contributed by atoms with Crippen LogP contribution in [0.2, 0.25) is 0 Å². The quantitative estimate of drug-likeness (QED) is 0.306. The van der Waals surface area contributed by atoms with E-state index < -0.39 is 29.2 Å². The summed E-state index contributed by atoms with van der Waals surface area (Å²) >= 11 is 1.36. The van der Waals surface area contributed by atoms with Crippen molar-refractivity contribution in [3.8, 4) is 11.5 Å². The number of hydrogen-bond donors (Lipinski definition) is 3. The molecule has 0 bridgehead atoms. The highest BCUT2D eigenvalue weighted by atomic mass is 32.1. The Hall–Kier alpha value is -3.39. The van der Waals surface area contributed by atoms with E-state index in [1.165, 1.54) is 18.4 Å². The van der Waals surface area contributed by atoms with E-state index >= 15 is 0 Å². The number of carboxylic acid groups (broad SMARTS) is 1. The predicted molar refractivity (Wildman–Crippen MR) is 147 cm³/mol. The van der Waals surface area contributed by atoms with Crippen LogP contribution in [-0.4, -0.2) is 90.0 Å². The van der Waals surface area contributed by atoms with Crippen molar-refractivity contribution in [3.63, 3.8) is 0 Å². The molecule has 1 fully saturated rings. The normalized spacial score (nSPS) is 17.4. The summed E-state index contributed by atoms with van der Waals surface area (Å²) in [6.45, 7) is 2.92. The van der Waals surface area contributed by atoms with Crippen molar-refractivity contribution in [3.05, 3.63) is 52.0 Å². The van der Waals surface area contributed by atoms with Crippen molar-refractivity contribution in [2.75, 3.05) is 46.9 Å². The number of carbonyl (C=O) groups excluding carboxylic acids is 1. The molecule has 1 atom stereocenters. The molecule has 1 aromatic heterocycles. The Bertz CT molecular complexity index is 1430. The number of carbonyl (C=O) groups is 2. The molecule has 3 N–H and O–H groups in total. The Morgan fingerprint density at radius 1 is 1.10 bits per heavy atom. The Morgan fingerprint density at radius 2 is 1.76 bits per heavy atom.